The molecule has 2 aromatic rings. The summed E-state index contributed by atoms with van der Waals surface area (Å²) in [6.07, 6.45) is 0.428. The summed E-state index contributed by atoms with van der Waals surface area (Å²) in [7, 11) is 0. The summed E-state index contributed by atoms with van der Waals surface area (Å²) in [5.41, 5.74) is 3.44. The van der Waals surface area contributed by atoms with Crippen LogP contribution in [0, 0.1) is 6.92 Å². The average Bonchev–Trinajstić information content (AvgIpc) is 3.21. The number of aliphatic hydroxyl groups excluding tert-OH is 1. The minimum Gasteiger partial charge on any atom is -0.381 e. The van der Waals surface area contributed by atoms with Crippen molar-refractivity contribution >= 4 is 29.5 Å². The van der Waals surface area contributed by atoms with Crippen molar-refractivity contribution in [3.05, 3.63) is 82.9 Å². The van der Waals surface area contributed by atoms with Crippen molar-refractivity contribution in [3.8, 4) is 0 Å². The average molecular weight is 524 g/mol. The van der Waals surface area contributed by atoms with Crippen LogP contribution in [-0.4, -0.2) is 56.5 Å². The number of nitrogens with one attached hydrogen (secondary N) is 2. The number of hydrogen-bond acceptors (Lipinski definition) is 5. The molecule has 198 valence electrons. The van der Waals surface area contributed by atoms with Gasteiger partial charge in [-0.25, -0.2) is 0 Å². The molecule has 0 aliphatic carbocycles. The number of amides is 3. The molecule has 37 heavy (non-hydrogen) atoms. The number of thioether (sulfide) groups is 1. The number of aryl methyl sites for hydroxylation is 1. The fourth-order valence-corrected chi connectivity index (χ4v) is 5.51. The van der Waals surface area contributed by atoms with Crippen LogP contribution in [0.5, 0.6) is 0 Å². The largest absolute Gasteiger partial charge is 0.381 e. The molecule has 0 spiro atoms. The van der Waals surface area contributed by atoms with Gasteiger partial charge in [0.2, 0.25) is 11.8 Å². The lowest BCUT2D eigenvalue weighted by atomic mass is 9.97. The highest BCUT2D eigenvalue weighted by atomic mass is 32.2. The third-order valence-electron chi connectivity index (χ3n) is 6.83. The van der Waals surface area contributed by atoms with Crippen LogP contribution >= 0.6 is 11.8 Å². The second-order valence-electron chi connectivity index (χ2n) is 9.92. The number of aliphatic hydroxyl groups is 1. The van der Waals surface area contributed by atoms with Gasteiger partial charge in [0.1, 0.15) is 6.04 Å². The number of carbonyl (C=O) groups is 3. The zero-order valence-corrected chi connectivity index (χ0v) is 23.0. The molecule has 8 heteroatoms. The summed E-state index contributed by atoms with van der Waals surface area (Å²) in [6.45, 7) is 9.62. The van der Waals surface area contributed by atoms with E-state index in [-0.39, 0.29) is 24.1 Å². The Bertz CT molecular complexity index is 1150. The van der Waals surface area contributed by atoms with Crippen LogP contribution in [0.1, 0.15) is 44.4 Å². The second kappa shape index (κ2) is 12.4. The predicted octanol–water partition coefficient (Wildman–Crippen LogP) is 3.35. The Kier molecular flexibility index (Phi) is 9.56. The van der Waals surface area contributed by atoms with Crippen LogP contribution in [0.4, 0.5) is 0 Å². The maximum Gasteiger partial charge on any atom is 0.254 e. The molecule has 0 aromatic heterocycles. The van der Waals surface area contributed by atoms with Gasteiger partial charge in [0.15, 0.2) is 6.10 Å². The fourth-order valence-electron chi connectivity index (χ4n) is 4.37. The van der Waals surface area contributed by atoms with Gasteiger partial charge >= 0.3 is 0 Å². The van der Waals surface area contributed by atoms with Gasteiger partial charge in [-0.1, -0.05) is 60.7 Å². The zero-order valence-electron chi connectivity index (χ0n) is 22.2. The molecule has 3 rings (SSSR count). The Balaban J connectivity index is 1.80. The molecule has 3 atom stereocenters. The monoisotopic (exact) mass is 523 g/mol. The third-order valence-corrected chi connectivity index (χ3v) is 8.21. The molecule has 0 unspecified atom stereocenters. The molecule has 1 aliphatic heterocycles. The van der Waals surface area contributed by atoms with Crippen LogP contribution < -0.4 is 10.6 Å². The second-order valence-corrected chi connectivity index (χ2v) is 11.5. The lowest BCUT2D eigenvalue weighted by Crippen LogP contribution is -2.58. The minimum absolute atomic E-state index is 0.269. The van der Waals surface area contributed by atoms with Crippen molar-refractivity contribution in [3.63, 3.8) is 0 Å². The highest BCUT2D eigenvalue weighted by molar-refractivity contribution is 8.00. The first kappa shape index (κ1) is 28.5. The van der Waals surface area contributed by atoms with Crippen LogP contribution in [-0.2, 0) is 27.3 Å². The number of rotatable bonds is 9. The summed E-state index contributed by atoms with van der Waals surface area (Å²) < 4.78 is -0.551. The van der Waals surface area contributed by atoms with E-state index in [1.54, 1.807) is 19.9 Å². The lowest BCUT2D eigenvalue weighted by Gasteiger charge is -2.33. The van der Waals surface area contributed by atoms with Gasteiger partial charge in [-0.05, 0) is 57.7 Å². The first-order valence-electron chi connectivity index (χ1n) is 12.5. The Morgan fingerprint density at radius 2 is 1.78 bits per heavy atom. The Morgan fingerprint density at radius 1 is 1.14 bits per heavy atom. The molecule has 3 N–H and O–H groups in total. The van der Waals surface area contributed by atoms with E-state index < -0.39 is 28.8 Å². The summed E-state index contributed by atoms with van der Waals surface area (Å²) in [5.74, 6) is -0.926. The van der Waals surface area contributed by atoms with E-state index in [0.29, 0.717) is 12.1 Å². The maximum atomic E-state index is 13.6. The van der Waals surface area contributed by atoms with Crippen molar-refractivity contribution in [2.24, 2.45) is 0 Å². The molecule has 0 bridgehead atoms. The molecule has 0 radical (unpaired) electrons. The van der Waals surface area contributed by atoms with Crippen molar-refractivity contribution < 1.29 is 19.5 Å². The lowest BCUT2D eigenvalue weighted by molar-refractivity contribution is -0.147. The number of allylic oxidation sites excluding steroid dienone is 1. The van der Waals surface area contributed by atoms with Gasteiger partial charge in [-0.2, -0.15) is 0 Å². The van der Waals surface area contributed by atoms with Gasteiger partial charge in [0.05, 0.1) is 11.9 Å². The smallest absolute Gasteiger partial charge is 0.254 e. The van der Waals surface area contributed by atoms with E-state index in [1.165, 1.54) is 16.7 Å². The highest BCUT2D eigenvalue weighted by Crippen LogP contribution is 2.40. The number of carbonyl (C=O) groups excluding carboxylic acids is 3. The molecular formula is C29H37N3O4S. The summed E-state index contributed by atoms with van der Waals surface area (Å²) in [6, 6.07) is 15.6. The number of nitrogens with zero attached hydrogens (tertiary/aromatic N) is 1. The molecule has 1 aliphatic rings. The van der Waals surface area contributed by atoms with Crippen molar-refractivity contribution in [2.75, 3.05) is 5.88 Å². The van der Waals surface area contributed by atoms with Gasteiger partial charge in [-0.15, -0.1) is 11.8 Å². The van der Waals surface area contributed by atoms with E-state index in [9.17, 15) is 19.5 Å². The van der Waals surface area contributed by atoms with E-state index in [4.69, 9.17) is 0 Å². The van der Waals surface area contributed by atoms with Gasteiger partial charge < -0.3 is 20.6 Å². The van der Waals surface area contributed by atoms with Crippen LogP contribution in [0.25, 0.3) is 0 Å². The fraction of sp³-hybridized carbons (Fsp3) is 0.414. The number of benzene rings is 2. The van der Waals surface area contributed by atoms with E-state index in [0.717, 1.165) is 16.7 Å². The quantitative estimate of drug-likeness (QED) is 0.438. The predicted molar refractivity (Wildman–Crippen MR) is 148 cm³/mol. The van der Waals surface area contributed by atoms with E-state index in [2.05, 4.69) is 10.6 Å². The summed E-state index contributed by atoms with van der Waals surface area (Å²) >= 11 is 1.49. The van der Waals surface area contributed by atoms with Gasteiger partial charge in [0.25, 0.3) is 5.91 Å². The molecule has 0 saturated carbocycles. The highest BCUT2D eigenvalue weighted by Gasteiger charge is 2.49. The standard InChI is InChI=1S/C29H37N3O4S/c1-6-19(2)26(34)31-23(16-21-13-8-7-9-14-21)24(33)28(36)32-18-37-29(4,5)25(32)27(35)30-17-22-15-11-10-12-20(22)3/h6-15,23-25,33H,16-18H2,1-5H3,(H,30,35)(H,31,34)/b19-6-/t23-,24-,25+/m0/s1. The molecule has 1 saturated heterocycles. The summed E-state index contributed by atoms with van der Waals surface area (Å²) in [4.78, 5) is 41.1. The molecule has 2 aromatic carbocycles. The Hall–Kier alpha value is -3.10. The normalized spacial score (nSPS) is 18.7. The SMILES string of the molecule is C/C=C(/C)C(=O)N[C@@H](Cc1ccccc1)[C@H](O)C(=O)N1CSC(C)(C)[C@H]1C(=O)NCc1ccccc1C. The van der Waals surface area contributed by atoms with E-state index in [1.807, 2.05) is 75.4 Å². The topological polar surface area (TPSA) is 98.7 Å². The van der Waals surface area contributed by atoms with Crippen molar-refractivity contribution in [1.82, 2.24) is 15.5 Å². The Morgan fingerprint density at radius 3 is 2.43 bits per heavy atom. The van der Waals surface area contributed by atoms with Crippen LogP contribution in [0.3, 0.4) is 0 Å². The first-order valence-corrected chi connectivity index (χ1v) is 13.5. The first-order chi connectivity index (χ1) is 17.5. The number of hydrogen-bond donors (Lipinski definition) is 3. The van der Waals surface area contributed by atoms with Gasteiger partial charge in [-0.3, -0.25) is 14.4 Å². The Labute approximate surface area is 223 Å². The van der Waals surface area contributed by atoms with Gasteiger partial charge in [0, 0.05) is 16.9 Å². The summed E-state index contributed by atoms with van der Waals surface area (Å²) in [5, 5.41) is 17.1. The molecule has 1 fully saturated rings. The van der Waals surface area contributed by atoms with Crippen LogP contribution in [0.15, 0.2) is 66.2 Å². The molecule has 3 amide bonds. The third kappa shape index (κ3) is 7.02. The van der Waals surface area contributed by atoms with Crippen molar-refractivity contribution in [1.29, 1.82) is 0 Å². The van der Waals surface area contributed by atoms with Crippen molar-refractivity contribution in [2.45, 2.75) is 70.5 Å². The maximum absolute atomic E-state index is 13.6. The minimum atomic E-state index is -1.52. The van der Waals surface area contributed by atoms with Crippen LogP contribution in [0.2, 0.25) is 0 Å². The molecule has 1 heterocycles. The van der Waals surface area contributed by atoms with E-state index >= 15 is 0 Å². The molecule has 7 nitrogen and oxygen atoms in total. The zero-order chi connectivity index (χ0) is 27.2. The molecular weight excluding hydrogens is 486 g/mol.